The maximum absolute atomic E-state index is 5.96. The van der Waals surface area contributed by atoms with Crippen LogP contribution in [0.1, 0.15) is 11.1 Å². The lowest BCUT2D eigenvalue weighted by molar-refractivity contribution is 0.681. The van der Waals surface area contributed by atoms with Crippen LogP contribution in [-0.4, -0.2) is 15.7 Å². The highest BCUT2D eigenvalue weighted by atomic mass is 15.3. The number of anilines is 1. The summed E-state index contributed by atoms with van der Waals surface area (Å²) in [6.45, 7) is 1.26. The van der Waals surface area contributed by atoms with Gasteiger partial charge in [-0.3, -0.25) is 4.68 Å². The molecule has 0 atom stereocenters. The quantitative estimate of drug-likeness (QED) is 0.562. The summed E-state index contributed by atoms with van der Waals surface area (Å²) in [6.07, 6.45) is 3.73. The van der Waals surface area contributed by atoms with E-state index in [2.05, 4.69) is 27.5 Å². The largest absolute Gasteiger partial charge is 0.370 e. The Balaban J connectivity index is 1.69. The van der Waals surface area contributed by atoms with Crippen molar-refractivity contribution in [3.63, 3.8) is 0 Å². The van der Waals surface area contributed by atoms with Gasteiger partial charge in [0.05, 0.1) is 13.1 Å². The SMILES string of the molecule is NC(=NCc1ccccc1Cn1cccn1)Nc1ccccc1. The predicted molar refractivity (Wildman–Crippen MR) is 93.2 cm³/mol. The molecule has 0 amide bonds. The first-order valence-corrected chi connectivity index (χ1v) is 7.47. The number of hydrogen-bond acceptors (Lipinski definition) is 2. The highest BCUT2D eigenvalue weighted by Gasteiger charge is 2.03. The second-order valence-electron chi connectivity index (χ2n) is 5.16. The van der Waals surface area contributed by atoms with E-state index >= 15 is 0 Å². The molecule has 3 aromatic rings. The standard InChI is InChI=1S/C18H19N5/c19-18(22-17-9-2-1-3-10-17)20-13-15-7-4-5-8-16(15)14-23-12-6-11-21-23/h1-12H,13-14H2,(H3,19,20,22). The van der Waals surface area contributed by atoms with Crippen molar-refractivity contribution in [3.05, 3.63) is 84.2 Å². The summed E-state index contributed by atoms with van der Waals surface area (Å²) in [4.78, 5) is 4.43. The number of hydrogen-bond donors (Lipinski definition) is 2. The fourth-order valence-corrected chi connectivity index (χ4v) is 2.31. The molecule has 0 unspecified atom stereocenters. The second-order valence-corrected chi connectivity index (χ2v) is 5.16. The predicted octanol–water partition coefficient (Wildman–Crippen LogP) is 2.86. The van der Waals surface area contributed by atoms with Crippen molar-refractivity contribution in [2.45, 2.75) is 13.1 Å². The van der Waals surface area contributed by atoms with Crippen LogP contribution in [0.4, 0.5) is 5.69 Å². The molecule has 0 spiro atoms. The number of guanidine groups is 1. The van der Waals surface area contributed by atoms with Crippen LogP contribution < -0.4 is 11.1 Å². The molecule has 0 aliphatic heterocycles. The lowest BCUT2D eigenvalue weighted by Gasteiger charge is -2.09. The van der Waals surface area contributed by atoms with Crippen LogP contribution in [0, 0.1) is 0 Å². The molecular formula is C18H19N5. The van der Waals surface area contributed by atoms with Gasteiger partial charge in [-0.15, -0.1) is 0 Å². The molecule has 116 valence electrons. The van der Waals surface area contributed by atoms with Crippen LogP contribution in [-0.2, 0) is 13.1 Å². The second kappa shape index (κ2) is 7.26. The van der Waals surface area contributed by atoms with Crippen molar-refractivity contribution >= 4 is 11.6 Å². The number of rotatable bonds is 5. The van der Waals surface area contributed by atoms with E-state index < -0.39 is 0 Å². The normalized spacial score (nSPS) is 11.4. The van der Waals surface area contributed by atoms with Crippen LogP contribution in [0.15, 0.2) is 78.0 Å². The lowest BCUT2D eigenvalue weighted by Crippen LogP contribution is -2.22. The van der Waals surface area contributed by atoms with Gasteiger partial charge in [-0.1, -0.05) is 42.5 Å². The van der Waals surface area contributed by atoms with E-state index in [0.29, 0.717) is 12.5 Å². The topological polar surface area (TPSA) is 68.2 Å². The Kier molecular flexibility index (Phi) is 4.69. The fourth-order valence-electron chi connectivity index (χ4n) is 2.31. The molecule has 0 saturated carbocycles. The van der Waals surface area contributed by atoms with Crippen molar-refractivity contribution in [3.8, 4) is 0 Å². The van der Waals surface area contributed by atoms with Gasteiger partial charge in [0.1, 0.15) is 0 Å². The Bertz CT molecular complexity index is 763. The van der Waals surface area contributed by atoms with Gasteiger partial charge >= 0.3 is 0 Å². The molecule has 1 heterocycles. The van der Waals surface area contributed by atoms with E-state index in [0.717, 1.165) is 17.8 Å². The van der Waals surface area contributed by atoms with E-state index in [9.17, 15) is 0 Å². The van der Waals surface area contributed by atoms with Crippen LogP contribution in [0.5, 0.6) is 0 Å². The lowest BCUT2D eigenvalue weighted by atomic mass is 10.1. The van der Waals surface area contributed by atoms with Crippen LogP contribution >= 0.6 is 0 Å². The van der Waals surface area contributed by atoms with Crippen LogP contribution in [0.3, 0.4) is 0 Å². The van der Waals surface area contributed by atoms with Gasteiger partial charge < -0.3 is 11.1 Å². The third kappa shape index (κ3) is 4.20. The van der Waals surface area contributed by atoms with Gasteiger partial charge in [-0.2, -0.15) is 5.10 Å². The van der Waals surface area contributed by atoms with Crippen LogP contribution in [0.2, 0.25) is 0 Å². The van der Waals surface area contributed by atoms with Gasteiger partial charge in [-0.05, 0) is 29.3 Å². The van der Waals surface area contributed by atoms with Gasteiger partial charge in [0.2, 0.25) is 0 Å². The molecule has 23 heavy (non-hydrogen) atoms. The minimum absolute atomic E-state index is 0.407. The van der Waals surface area contributed by atoms with E-state index in [1.54, 1.807) is 6.20 Å². The molecule has 0 aliphatic rings. The summed E-state index contributed by atoms with van der Waals surface area (Å²) in [5, 5.41) is 7.33. The minimum Gasteiger partial charge on any atom is -0.370 e. The summed E-state index contributed by atoms with van der Waals surface area (Å²) in [7, 11) is 0. The van der Waals surface area contributed by atoms with E-state index in [1.165, 1.54) is 5.56 Å². The molecule has 0 bridgehead atoms. The molecule has 2 aromatic carbocycles. The maximum Gasteiger partial charge on any atom is 0.193 e. The van der Waals surface area contributed by atoms with Crippen molar-refractivity contribution < 1.29 is 0 Å². The summed E-state index contributed by atoms with van der Waals surface area (Å²) in [5.41, 5.74) is 9.22. The van der Waals surface area contributed by atoms with Gasteiger partial charge in [0, 0.05) is 18.1 Å². The van der Waals surface area contributed by atoms with Gasteiger partial charge in [0.15, 0.2) is 5.96 Å². The molecule has 5 heteroatoms. The first-order valence-electron chi connectivity index (χ1n) is 7.47. The Morgan fingerprint density at radius 1 is 1.00 bits per heavy atom. The molecule has 0 aliphatic carbocycles. The monoisotopic (exact) mass is 305 g/mol. The van der Waals surface area contributed by atoms with Crippen molar-refractivity contribution in [2.75, 3.05) is 5.32 Å². The molecular weight excluding hydrogens is 286 g/mol. The number of nitrogens with zero attached hydrogens (tertiary/aromatic N) is 3. The Labute approximate surface area is 135 Å². The average Bonchev–Trinajstić information content (AvgIpc) is 3.08. The van der Waals surface area contributed by atoms with Gasteiger partial charge in [0.25, 0.3) is 0 Å². The van der Waals surface area contributed by atoms with Crippen molar-refractivity contribution in [1.82, 2.24) is 9.78 Å². The van der Waals surface area contributed by atoms with E-state index in [1.807, 2.05) is 59.4 Å². The third-order valence-corrected chi connectivity index (χ3v) is 3.48. The smallest absolute Gasteiger partial charge is 0.193 e. The first kappa shape index (κ1) is 14.8. The molecule has 1 aromatic heterocycles. The number of aliphatic imine (C=N–C) groups is 1. The highest BCUT2D eigenvalue weighted by molar-refractivity contribution is 5.92. The minimum atomic E-state index is 0.407. The van der Waals surface area contributed by atoms with Crippen LogP contribution in [0.25, 0.3) is 0 Å². The molecule has 0 radical (unpaired) electrons. The van der Waals surface area contributed by atoms with E-state index in [-0.39, 0.29) is 0 Å². The molecule has 3 rings (SSSR count). The number of benzene rings is 2. The van der Waals surface area contributed by atoms with Crippen molar-refractivity contribution in [1.29, 1.82) is 0 Å². The van der Waals surface area contributed by atoms with Gasteiger partial charge in [-0.25, -0.2) is 4.99 Å². The van der Waals surface area contributed by atoms with E-state index in [4.69, 9.17) is 5.73 Å². The fraction of sp³-hybridized carbons (Fsp3) is 0.111. The Hall–Kier alpha value is -3.08. The molecule has 5 nitrogen and oxygen atoms in total. The van der Waals surface area contributed by atoms with Crippen molar-refractivity contribution in [2.24, 2.45) is 10.7 Å². The summed E-state index contributed by atoms with van der Waals surface area (Å²) in [5.74, 6) is 0.407. The number of nitrogens with two attached hydrogens (primary N) is 1. The summed E-state index contributed by atoms with van der Waals surface area (Å²) < 4.78 is 1.90. The Morgan fingerprint density at radius 3 is 2.48 bits per heavy atom. The number of aromatic nitrogens is 2. The number of nitrogens with one attached hydrogen (secondary N) is 1. The molecule has 0 fully saturated rings. The number of para-hydroxylation sites is 1. The third-order valence-electron chi connectivity index (χ3n) is 3.48. The first-order chi connectivity index (χ1) is 11.3. The zero-order chi connectivity index (χ0) is 15.9. The zero-order valence-electron chi connectivity index (χ0n) is 12.8. The Morgan fingerprint density at radius 2 is 1.74 bits per heavy atom. The zero-order valence-corrected chi connectivity index (χ0v) is 12.8. The summed E-state index contributed by atoms with van der Waals surface area (Å²) >= 11 is 0. The highest BCUT2D eigenvalue weighted by Crippen LogP contribution is 2.12. The average molecular weight is 305 g/mol. The molecule has 3 N–H and O–H groups in total. The molecule has 0 saturated heterocycles. The summed E-state index contributed by atoms with van der Waals surface area (Å²) in [6, 6.07) is 19.9. The maximum atomic E-state index is 5.96.